The van der Waals surface area contributed by atoms with Crippen LogP contribution in [-0.4, -0.2) is 33.0 Å². The van der Waals surface area contributed by atoms with E-state index < -0.39 is 0 Å². The summed E-state index contributed by atoms with van der Waals surface area (Å²) in [5.74, 6) is 1.74. The molecule has 1 amide bonds. The Morgan fingerprint density at radius 1 is 1.07 bits per heavy atom. The summed E-state index contributed by atoms with van der Waals surface area (Å²) in [5.41, 5.74) is 9.82. The van der Waals surface area contributed by atoms with Crippen LogP contribution in [-0.2, 0) is 4.79 Å². The number of H-pyrrole nitrogens is 1. The lowest BCUT2D eigenvalue weighted by atomic mass is 10.1. The molecule has 0 aliphatic rings. The van der Waals surface area contributed by atoms with Crippen molar-refractivity contribution in [2.75, 3.05) is 18.2 Å². The van der Waals surface area contributed by atoms with E-state index in [-0.39, 0.29) is 5.91 Å². The number of ether oxygens (including phenoxy) is 1. The van der Waals surface area contributed by atoms with E-state index >= 15 is 0 Å². The van der Waals surface area contributed by atoms with Crippen LogP contribution >= 0.6 is 0 Å². The van der Waals surface area contributed by atoms with Crippen LogP contribution in [0.15, 0.2) is 60.9 Å². The summed E-state index contributed by atoms with van der Waals surface area (Å²) in [7, 11) is 1.54. The first-order valence-corrected chi connectivity index (χ1v) is 9.24. The number of nitrogens with one attached hydrogen (secondary N) is 2. The van der Waals surface area contributed by atoms with Gasteiger partial charge in [0, 0.05) is 36.0 Å². The number of nitrogen functional groups attached to an aromatic ring is 1. The van der Waals surface area contributed by atoms with Crippen LogP contribution in [0.5, 0.6) is 5.75 Å². The second kappa shape index (κ2) is 8.04. The highest BCUT2D eigenvalue weighted by atomic mass is 16.5. The summed E-state index contributed by atoms with van der Waals surface area (Å²) in [6.07, 6.45) is 3.29. The van der Waals surface area contributed by atoms with Gasteiger partial charge in [0.05, 0.1) is 18.5 Å². The van der Waals surface area contributed by atoms with Gasteiger partial charge in [-0.25, -0.2) is 15.0 Å². The standard InChI is InChI=1S/C22H20N6O2/c1-13(29)26-18-11-15(8-9-24-18)19-20(16-10-17(30-2)21(23)25-12-16)28-22(27-19)14-6-4-3-5-7-14/h3-12H,1-2H3,(H2,23,25)(H,27,28)(H,24,26,29). The lowest BCUT2D eigenvalue weighted by molar-refractivity contribution is -0.114. The molecule has 0 fully saturated rings. The van der Waals surface area contributed by atoms with Crippen molar-refractivity contribution in [2.45, 2.75) is 6.92 Å². The molecule has 0 aliphatic heterocycles. The van der Waals surface area contributed by atoms with Crippen LogP contribution in [0.25, 0.3) is 33.9 Å². The Balaban J connectivity index is 1.89. The minimum absolute atomic E-state index is 0.193. The molecule has 4 N–H and O–H groups in total. The second-order valence-corrected chi connectivity index (χ2v) is 6.60. The Morgan fingerprint density at radius 3 is 2.60 bits per heavy atom. The van der Waals surface area contributed by atoms with Crippen LogP contribution in [0.4, 0.5) is 11.6 Å². The highest BCUT2D eigenvalue weighted by Crippen LogP contribution is 2.35. The molecule has 3 heterocycles. The van der Waals surface area contributed by atoms with Crippen LogP contribution in [0, 0.1) is 0 Å². The van der Waals surface area contributed by atoms with Gasteiger partial charge in [0.1, 0.15) is 11.6 Å². The summed E-state index contributed by atoms with van der Waals surface area (Å²) in [6, 6.07) is 15.2. The molecule has 8 heteroatoms. The fourth-order valence-electron chi connectivity index (χ4n) is 3.11. The number of pyridine rings is 2. The highest BCUT2D eigenvalue weighted by Gasteiger charge is 2.17. The number of hydrogen-bond acceptors (Lipinski definition) is 6. The number of aromatic amines is 1. The van der Waals surface area contributed by atoms with Crippen molar-refractivity contribution >= 4 is 17.5 Å². The molecule has 150 valence electrons. The van der Waals surface area contributed by atoms with Gasteiger partial charge in [-0.3, -0.25) is 4.79 Å². The summed E-state index contributed by atoms with van der Waals surface area (Å²) >= 11 is 0. The van der Waals surface area contributed by atoms with Gasteiger partial charge in [0.15, 0.2) is 11.6 Å². The zero-order chi connectivity index (χ0) is 21.1. The molecule has 0 saturated heterocycles. The summed E-state index contributed by atoms with van der Waals surface area (Å²) in [4.78, 5) is 28.1. The molecule has 0 unspecified atom stereocenters. The molecule has 0 bridgehead atoms. The van der Waals surface area contributed by atoms with Crippen LogP contribution < -0.4 is 15.8 Å². The van der Waals surface area contributed by atoms with Gasteiger partial charge in [-0.15, -0.1) is 0 Å². The second-order valence-electron chi connectivity index (χ2n) is 6.60. The molecule has 4 aromatic rings. The molecule has 8 nitrogen and oxygen atoms in total. The van der Waals surface area contributed by atoms with Crippen LogP contribution in [0.3, 0.4) is 0 Å². The topological polar surface area (TPSA) is 119 Å². The number of aromatic nitrogens is 4. The molecule has 0 saturated carbocycles. The van der Waals surface area contributed by atoms with E-state index in [1.54, 1.807) is 31.6 Å². The van der Waals surface area contributed by atoms with E-state index in [9.17, 15) is 4.79 Å². The third kappa shape index (κ3) is 3.83. The van der Waals surface area contributed by atoms with Crippen molar-refractivity contribution < 1.29 is 9.53 Å². The molecule has 0 aliphatic carbocycles. The number of benzene rings is 1. The molecule has 0 spiro atoms. The SMILES string of the molecule is COc1cc(-c2nc(-c3ccccc3)[nH]c2-c2ccnc(NC(C)=O)c2)cnc1N. The predicted octanol–water partition coefficient (Wildman–Crippen LogP) is 3.75. The third-order valence-electron chi connectivity index (χ3n) is 4.48. The maximum atomic E-state index is 11.4. The fourth-order valence-corrected chi connectivity index (χ4v) is 3.11. The molecule has 1 aromatic carbocycles. The number of nitrogens with two attached hydrogens (primary N) is 1. The van der Waals surface area contributed by atoms with Crippen molar-refractivity contribution in [3.05, 3.63) is 60.9 Å². The lowest BCUT2D eigenvalue weighted by Crippen LogP contribution is -2.07. The van der Waals surface area contributed by atoms with Gasteiger partial charge in [-0.05, 0) is 18.2 Å². The number of imidazole rings is 1. The van der Waals surface area contributed by atoms with Gasteiger partial charge in [-0.1, -0.05) is 30.3 Å². The van der Waals surface area contributed by atoms with Gasteiger partial charge in [-0.2, -0.15) is 0 Å². The summed E-state index contributed by atoms with van der Waals surface area (Å²) in [5, 5.41) is 2.71. The van der Waals surface area contributed by atoms with Crippen molar-refractivity contribution in [1.29, 1.82) is 0 Å². The predicted molar refractivity (Wildman–Crippen MR) is 116 cm³/mol. The maximum Gasteiger partial charge on any atom is 0.222 e. The first-order valence-electron chi connectivity index (χ1n) is 9.24. The Hall–Kier alpha value is -4.20. The lowest BCUT2D eigenvalue weighted by Gasteiger charge is -2.08. The fraction of sp³-hybridized carbons (Fsp3) is 0.0909. The van der Waals surface area contributed by atoms with Crippen LogP contribution in [0.1, 0.15) is 6.92 Å². The number of carbonyl (C=O) groups excluding carboxylic acids is 1. The maximum absolute atomic E-state index is 11.4. The molecule has 3 aromatic heterocycles. The average molecular weight is 400 g/mol. The number of anilines is 2. The molecule has 0 radical (unpaired) electrons. The zero-order valence-electron chi connectivity index (χ0n) is 16.5. The third-order valence-corrected chi connectivity index (χ3v) is 4.48. The van der Waals surface area contributed by atoms with E-state index in [1.165, 1.54) is 6.92 Å². The van der Waals surface area contributed by atoms with E-state index in [4.69, 9.17) is 15.5 Å². The van der Waals surface area contributed by atoms with Crippen LogP contribution in [0.2, 0.25) is 0 Å². The molecular weight excluding hydrogens is 380 g/mol. The molecule has 30 heavy (non-hydrogen) atoms. The number of amides is 1. The van der Waals surface area contributed by atoms with Gasteiger partial charge < -0.3 is 20.8 Å². The minimum Gasteiger partial charge on any atom is -0.493 e. The summed E-state index contributed by atoms with van der Waals surface area (Å²) in [6.45, 7) is 1.44. The average Bonchev–Trinajstić information content (AvgIpc) is 3.20. The Kier molecular flexibility index (Phi) is 5.13. The van der Waals surface area contributed by atoms with E-state index in [0.717, 1.165) is 22.4 Å². The number of nitrogens with zero attached hydrogens (tertiary/aromatic N) is 3. The largest absolute Gasteiger partial charge is 0.493 e. The van der Waals surface area contributed by atoms with Crippen molar-refractivity contribution in [1.82, 2.24) is 19.9 Å². The number of methoxy groups -OCH3 is 1. The van der Waals surface area contributed by atoms with Crippen molar-refractivity contribution in [2.24, 2.45) is 0 Å². The highest BCUT2D eigenvalue weighted by molar-refractivity contribution is 5.89. The first kappa shape index (κ1) is 19.1. The summed E-state index contributed by atoms with van der Waals surface area (Å²) < 4.78 is 5.32. The smallest absolute Gasteiger partial charge is 0.222 e. The number of carbonyl (C=O) groups is 1. The molecule has 0 atom stereocenters. The van der Waals surface area contributed by atoms with E-state index in [0.29, 0.717) is 28.9 Å². The van der Waals surface area contributed by atoms with E-state index in [2.05, 4.69) is 20.3 Å². The molecule has 4 rings (SSSR count). The Morgan fingerprint density at radius 2 is 1.87 bits per heavy atom. The molecular formula is C22H20N6O2. The van der Waals surface area contributed by atoms with E-state index in [1.807, 2.05) is 36.4 Å². The van der Waals surface area contributed by atoms with Crippen molar-refractivity contribution in [3.8, 4) is 39.7 Å². The van der Waals surface area contributed by atoms with Crippen molar-refractivity contribution in [3.63, 3.8) is 0 Å². The van der Waals surface area contributed by atoms with Gasteiger partial charge in [0.25, 0.3) is 0 Å². The normalized spacial score (nSPS) is 10.6. The zero-order valence-corrected chi connectivity index (χ0v) is 16.5. The van der Waals surface area contributed by atoms with Gasteiger partial charge >= 0.3 is 0 Å². The quantitative estimate of drug-likeness (QED) is 0.469. The minimum atomic E-state index is -0.193. The number of rotatable bonds is 5. The van der Waals surface area contributed by atoms with Gasteiger partial charge in [0.2, 0.25) is 5.91 Å². The Bertz CT molecular complexity index is 1200. The Labute approximate surface area is 173 Å². The monoisotopic (exact) mass is 400 g/mol. The first-order chi connectivity index (χ1) is 14.5. The number of hydrogen-bond donors (Lipinski definition) is 3.